The number of amides is 2. The van der Waals surface area contributed by atoms with E-state index in [1.54, 1.807) is 25.9 Å². The van der Waals surface area contributed by atoms with E-state index in [-0.39, 0.29) is 17.4 Å². The quantitative estimate of drug-likeness (QED) is 0.841. The van der Waals surface area contributed by atoms with Crippen LogP contribution in [0.25, 0.3) is 0 Å². The summed E-state index contributed by atoms with van der Waals surface area (Å²) >= 11 is 0. The van der Waals surface area contributed by atoms with E-state index < -0.39 is 0 Å². The van der Waals surface area contributed by atoms with E-state index in [4.69, 9.17) is 0 Å². The molecular formula is C20H29N3O2. The maximum atomic E-state index is 12.3. The molecule has 1 saturated heterocycles. The minimum atomic E-state index is -0.164. The van der Waals surface area contributed by atoms with Gasteiger partial charge in [0.05, 0.1) is 5.54 Å². The molecule has 0 aliphatic carbocycles. The van der Waals surface area contributed by atoms with Crippen LogP contribution in [-0.2, 0) is 21.5 Å². The molecule has 3 rings (SSSR count). The lowest BCUT2D eigenvalue weighted by molar-refractivity contribution is -0.139. The van der Waals surface area contributed by atoms with Crippen molar-refractivity contribution in [1.82, 2.24) is 14.7 Å². The van der Waals surface area contributed by atoms with Gasteiger partial charge in [-0.25, -0.2) is 0 Å². The number of likely N-dealkylation sites (tertiary alicyclic amines) is 1. The molecule has 2 amide bonds. The molecule has 2 aliphatic heterocycles. The first-order valence-corrected chi connectivity index (χ1v) is 9.23. The fourth-order valence-electron chi connectivity index (χ4n) is 4.41. The van der Waals surface area contributed by atoms with Crippen molar-refractivity contribution in [3.63, 3.8) is 0 Å². The van der Waals surface area contributed by atoms with Crippen molar-refractivity contribution < 1.29 is 9.59 Å². The van der Waals surface area contributed by atoms with Crippen molar-refractivity contribution in [2.45, 2.75) is 38.1 Å². The van der Waals surface area contributed by atoms with Gasteiger partial charge < -0.3 is 14.7 Å². The van der Waals surface area contributed by atoms with E-state index in [2.05, 4.69) is 34.1 Å². The molecular weight excluding hydrogens is 314 g/mol. The molecule has 0 N–H and O–H groups in total. The summed E-state index contributed by atoms with van der Waals surface area (Å²) in [6.07, 6.45) is 3.39. The number of piperidine rings is 1. The molecule has 0 bridgehead atoms. The standard InChI is InChI=1S/C20H29N3O2/c1-16(24)23-13-8-17-6-4-5-7-18(17)20(23)10-14-22(15-11-20)12-9-19(25)21(2)3/h4-7H,8-15H2,1-3H3. The molecule has 1 fully saturated rings. The van der Waals surface area contributed by atoms with Crippen molar-refractivity contribution in [2.75, 3.05) is 40.3 Å². The van der Waals surface area contributed by atoms with E-state index in [1.165, 1.54) is 11.1 Å². The van der Waals surface area contributed by atoms with Crippen LogP contribution in [0.2, 0.25) is 0 Å². The molecule has 2 heterocycles. The Labute approximate surface area is 150 Å². The predicted molar refractivity (Wildman–Crippen MR) is 98.2 cm³/mol. The molecule has 0 aromatic heterocycles. The minimum absolute atomic E-state index is 0.164. The summed E-state index contributed by atoms with van der Waals surface area (Å²) in [5.41, 5.74) is 2.56. The first kappa shape index (κ1) is 17.9. The van der Waals surface area contributed by atoms with Crippen LogP contribution in [0.4, 0.5) is 0 Å². The SMILES string of the molecule is CC(=O)N1CCc2ccccc2C12CCN(CCC(=O)N(C)C)CC2. The molecule has 1 spiro atoms. The molecule has 136 valence electrons. The summed E-state index contributed by atoms with van der Waals surface area (Å²) in [6.45, 7) is 5.16. The van der Waals surface area contributed by atoms with Crippen LogP contribution in [-0.4, -0.2) is 66.8 Å². The second-order valence-corrected chi connectivity index (χ2v) is 7.49. The largest absolute Gasteiger partial charge is 0.349 e. The summed E-state index contributed by atoms with van der Waals surface area (Å²) in [6, 6.07) is 8.59. The highest BCUT2D eigenvalue weighted by Crippen LogP contribution is 2.43. The summed E-state index contributed by atoms with van der Waals surface area (Å²) in [5.74, 6) is 0.347. The molecule has 0 saturated carbocycles. The van der Waals surface area contributed by atoms with Gasteiger partial charge in [0.25, 0.3) is 0 Å². The van der Waals surface area contributed by atoms with Crippen molar-refractivity contribution in [2.24, 2.45) is 0 Å². The lowest BCUT2D eigenvalue weighted by Crippen LogP contribution is -2.57. The molecule has 25 heavy (non-hydrogen) atoms. The van der Waals surface area contributed by atoms with E-state index in [1.807, 2.05) is 0 Å². The van der Waals surface area contributed by atoms with Crippen LogP contribution in [0.15, 0.2) is 24.3 Å². The fourth-order valence-corrected chi connectivity index (χ4v) is 4.41. The number of rotatable bonds is 3. The summed E-state index contributed by atoms with van der Waals surface area (Å²) in [7, 11) is 3.61. The highest BCUT2D eigenvalue weighted by Gasteiger charge is 2.45. The van der Waals surface area contributed by atoms with E-state index in [0.717, 1.165) is 45.4 Å². The zero-order valence-electron chi connectivity index (χ0n) is 15.6. The van der Waals surface area contributed by atoms with Gasteiger partial charge >= 0.3 is 0 Å². The topological polar surface area (TPSA) is 43.9 Å². The van der Waals surface area contributed by atoms with E-state index in [9.17, 15) is 9.59 Å². The second kappa shape index (κ2) is 7.16. The van der Waals surface area contributed by atoms with Gasteiger partial charge in [0, 0.05) is 53.6 Å². The van der Waals surface area contributed by atoms with Crippen LogP contribution < -0.4 is 0 Å². The van der Waals surface area contributed by atoms with Gasteiger partial charge in [-0.3, -0.25) is 9.59 Å². The first-order chi connectivity index (χ1) is 11.9. The third-order valence-electron chi connectivity index (χ3n) is 5.84. The zero-order valence-corrected chi connectivity index (χ0v) is 15.6. The highest BCUT2D eigenvalue weighted by atomic mass is 16.2. The van der Waals surface area contributed by atoms with Gasteiger partial charge in [0.1, 0.15) is 0 Å². The molecule has 0 radical (unpaired) electrons. The van der Waals surface area contributed by atoms with Crippen LogP contribution in [0.5, 0.6) is 0 Å². The Bertz CT molecular complexity index is 648. The lowest BCUT2D eigenvalue weighted by atomic mass is 9.74. The normalized spacial score (nSPS) is 19.6. The summed E-state index contributed by atoms with van der Waals surface area (Å²) in [4.78, 5) is 30.3. The molecule has 0 atom stereocenters. The number of hydrogen-bond acceptors (Lipinski definition) is 3. The molecule has 1 aromatic rings. The van der Waals surface area contributed by atoms with Gasteiger partial charge in [-0.1, -0.05) is 24.3 Å². The number of carbonyl (C=O) groups excluding carboxylic acids is 2. The highest BCUT2D eigenvalue weighted by molar-refractivity contribution is 5.76. The maximum absolute atomic E-state index is 12.3. The summed E-state index contributed by atoms with van der Waals surface area (Å²) in [5, 5.41) is 0. The average molecular weight is 343 g/mol. The van der Waals surface area contributed by atoms with Crippen LogP contribution >= 0.6 is 0 Å². The third-order valence-corrected chi connectivity index (χ3v) is 5.84. The van der Waals surface area contributed by atoms with Crippen molar-refractivity contribution in [3.8, 4) is 0 Å². The Morgan fingerprint density at radius 1 is 1.12 bits per heavy atom. The van der Waals surface area contributed by atoms with Crippen LogP contribution in [0, 0.1) is 0 Å². The van der Waals surface area contributed by atoms with Gasteiger partial charge in [-0.05, 0) is 30.4 Å². The number of hydrogen-bond donors (Lipinski definition) is 0. The maximum Gasteiger partial charge on any atom is 0.223 e. The zero-order chi connectivity index (χ0) is 18.0. The third kappa shape index (κ3) is 3.43. The lowest BCUT2D eigenvalue weighted by Gasteiger charge is -2.52. The number of benzene rings is 1. The van der Waals surface area contributed by atoms with Crippen molar-refractivity contribution >= 4 is 11.8 Å². The van der Waals surface area contributed by atoms with E-state index in [0.29, 0.717) is 6.42 Å². The summed E-state index contributed by atoms with van der Waals surface area (Å²) < 4.78 is 0. The predicted octanol–water partition coefficient (Wildman–Crippen LogP) is 1.86. The van der Waals surface area contributed by atoms with Crippen molar-refractivity contribution in [1.29, 1.82) is 0 Å². The van der Waals surface area contributed by atoms with Crippen molar-refractivity contribution in [3.05, 3.63) is 35.4 Å². The number of nitrogens with zero attached hydrogens (tertiary/aromatic N) is 3. The number of carbonyl (C=O) groups is 2. The Morgan fingerprint density at radius 3 is 2.44 bits per heavy atom. The fraction of sp³-hybridized carbons (Fsp3) is 0.600. The molecule has 1 aromatic carbocycles. The first-order valence-electron chi connectivity index (χ1n) is 9.23. The molecule has 2 aliphatic rings. The molecule has 0 unspecified atom stereocenters. The smallest absolute Gasteiger partial charge is 0.223 e. The molecule has 5 heteroatoms. The Morgan fingerprint density at radius 2 is 1.80 bits per heavy atom. The number of fused-ring (bicyclic) bond motifs is 2. The minimum Gasteiger partial charge on any atom is -0.349 e. The van der Waals surface area contributed by atoms with E-state index >= 15 is 0 Å². The Kier molecular flexibility index (Phi) is 5.13. The van der Waals surface area contributed by atoms with Crippen LogP contribution in [0.3, 0.4) is 0 Å². The molecule has 5 nitrogen and oxygen atoms in total. The van der Waals surface area contributed by atoms with Gasteiger partial charge in [-0.2, -0.15) is 0 Å². The van der Waals surface area contributed by atoms with Gasteiger partial charge in [-0.15, -0.1) is 0 Å². The Hall–Kier alpha value is -1.88. The monoisotopic (exact) mass is 343 g/mol. The van der Waals surface area contributed by atoms with Gasteiger partial charge in [0.15, 0.2) is 0 Å². The van der Waals surface area contributed by atoms with Gasteiger partial charge in [0.2, 0.25) is 11.8 Å². The second-order valence-electron chi connectivity index (χ2n) is 7.49. The average Bonchev–Trinajstić information content (AvgIpc) is 2.61. The Balaban J connectivity index is 1.75. The van der Waals surface area contributed by atoms with Crippen LogP contribution in [0.1, 0.15) is 37.3 Å².